The minimum Gasteiger partial charge on any atom is -0.496 e. The van der Waals surface area contributed by atoms with Crippen LogP contribution in [0, 0.1) is 0 Å². The lowest BCUT2D eigenvalue weighted by molar-refractivity contribution is -0.115. The minimum atomic E-state index is -3.49. The molecule has 1 saturated carbocycles. The number of para-hydroxylation sites is 1. The standard InChI is InChI=1S/C26H26N2O4S/c1-32-25-10-6-5-9-21(25)17-24(20-7-3-2-4-8-20)26(29)27-18-19-11-15-23(16-12-19)33(30,31)28-22-13-14-22/h2-12,15-17,22,28H,13-14,18H2,1H3,(H,27,29). The topological polar surface area (TPSA) is 84.5 Å². The maximum atomic E-state index is 13.1. The second-order valence-corrected chi connectivity index (χ2v) is 9.60. The summed E-state index contributed by atoms with van der Waals surface area (Å²) in [6.45, 7) is 0.269. The summed E-state index contributed by atoms with van der Waals surface area (Å²) in [6, 6.07) is 23.6. The van der Waals surface area contributed by atoms with Crippen LogP contribution in [0.3, 0.4) is 0 Å². The normalized spacial score (nSPS) is 14.0. The van der Waals surface area contributed by atoms with E-state index >= 15 is 0 Å². The Labute approximate surface area is 194 Å². The minimum absolute atomic E-state index is 0.0559. The molecule has 0 spiro atoms. The summed E-state index contributed by atoms with van der Waals surface area (Å²) in [4.78, 5) is 13.4. The van der Waals surface area contributed by atoms with Crippen LogP contribution in [-0.4, -0.2) is 27.5 Å². The molecule has 3 aromatic rings. The fourth-order valence-corrected chi connectivity index (χ4v) is 4.70. The molecule has 7 heteroatoms. The Hall–Kier alpha value is -3.42. The Morgan fingerprint density at radius 1 is 0.970 bits per heavy atom. The van der Waals surface area contributed by atoms with Crippen molar-refractivity contribution in [1.82, 2.24) is 10.0 Å². The quantitative estimate of drug-likeness (QED) is 0.372. The first-order valence-corrected chi connectivity index (χ1v) is 12.2. The molecule has 0 atom stereocenters. The molecule has 33 heavy (non-hydrogen) atoms. The highest BCUT2D eigenvalue weighted by Gasteiger charge is 2.27. The maximum Gasteiger partial charge on any atom is 0.252 e. The Kier molecular flexibility index (Phi) is 6.91. The number of methoxy groups -OCH3 is 1. The Morgan fingerprint density at radius 2 is 1.64 bits per heavy atom. The molecular weight excluding hydrogens is 436 g/mol. The Morgan fingerprint density at radius 3 is 2.30 bits per heavy atom. The van der Waals surface area contributed by atoms with Crippen molar-refractivity contribution in [2.75, 3.05) is 7.11 Å². The van der Waals surface area contributed by atoms with Crippen molar-refractivity contribution in [1.29, 1.82) is 0 Å². The van der Waals surface area contributed by atoms with Gasteiger partial charge in [0.15, 0.2) is 0 Å². The fraction of sp³-hybridized carbons (Fsp3) is 0.192. The van der Waals surface area contributed by atoms with Crippen LogP contribution < -0.4 is 14.8 Å². The molecule has 0 aliphatic heterocycles. The molecule has 1 aliphatic rings. The molecule has 1 amide bonds. The zero-order valence-corrected chi connectivity index (χ0v) is 19.1. The molecule has 4 rings (SSSR count). The highest BCUT2D eigenvalue weighted by atomic mass is 32.2. The third kappa shape index (κ3) is 5.88. The van der Waals surface area contributed by atoms with E-state index in [-0.39, 0.29) is 23.4 Å². The molecule has 3 aromatic carbocycles. The van der Waals surface area contributed by atoms with Gasteiger partial charge in [0, 0.05) is 23.7 Å². The molecule has 0 aromatic heterocycles. The van der Waals surface area contributed by atoms with E-state index in [1.807, 2.05) is 60.7 Å². The van der Waals surface area contributed by atoms with Crippen LogP contribution in [0.25, 0.3) is 11.6 Å². The largest absolute Gasteiger partial charge is 0.496 e. The summed E-state index contributed by atoms with van der Waals surface area (Å²) >= 11 is 0. The summed E-state index contributed by atoms with van der Waals surface area (Å²) in [5.41, 5.74) is 2.89. The molecule has 0 unspecified atom stereocenters. The summed E-state index contributed by atoms with van der Waals surface area (Å²) in [7, 11) is -1.90. The smallest absolute Gasteiger partial charge is 0.252 e. The average Bonchev–Trinajstić information content (AvgIpc) is 3.65. The first kappa shape index (κ1) is 22.8. The third-order valence-electron chi connectivity index (χ3n) is 5.35. The van der Waals surface area contributed by atoms with Crippen LogP contribution in [0.2, 0.25) is 0 Å². The lowest BCUT2D eigenvalue weighted by Crippen LogP contribution is -2.26. The van der Waals surface area contributed by atoms with E-state index in [0.29, 0.717) is 11.3 Å². The van der Waals surface area contributed by atoms with Gasteiger partial charge in [0.05, 0.1) is 12.0 Å². The SMILES string of the molecule is COc1ccccc1C=C(C(=O)NCc1ccc(S(=O)(=O)NC2CC2)cc1)c1ccccc1. The van der Waals surface area contributed by atoms with Gasteiger partial charge < -0.3 is 10.1 Å². The number of carbonyl (C=O) groups is 1. The van der Waals surface area contributed by atoms with Crippen LogP contribution in [0.5, 0.6) is 5.75 Å². The number of amides is 1. The first-order valence-electron chi connectivity index (χ1n) is 10.8. The fourth-order valence-electron chi connectivity index (χ4n) is 3.39. The molecule has 2 N–H and O–H groups in total. The Bertz CT molecular complexity index is 1250. The highest BCUT2D eigenvalue weighted by Crippen LogP contribution is 2.25. The van der Waals surface area contributed by atoms with Crippen LogP contribution in [0.15, 0.2) is 83.8 Å². The molecule has 0 heterocycles. The first-order chi connectivity index (χ1) is 16.0. The van der Waals surface area contributed by atoms with E-state index in [4.69, 9.17) is 4.74 Å². The lowest BCUT2D eigenvalue weighted by atomic mass is 10.0. The van der Waals surface area contributed by atoms with Gasteiger partial charge in [-0.25, -0.2) is 13.1 Å². The number of sulfonamides is 1. The van der Waals surface area contributed by atoms with Crippen molar-refractivity contribution in [3.05, 3.63) is 95.6 Å². The van der Waals surface area contributed by atoms with Gasteiger partial charge in [-0.2, -0.15) is 0 Å². The van der Waals surface area contributed by atoms with E-state index < -0.39 is 10.0 Å². The highest BCUT2D eigenvalue weighted by molar-refractivity contribution is 7.89. The van der Waals surface area contributed by atoms with Crippen molar-refractivity contribution in [3.63, 3.8) is 0 Å². The number of benzene rings is 3. The van der Waals surface area contributed by atoms with Gasteiger partial charge in [0.1, 0.15) is 5.75 Å². The number of nitrogens with one attached hydrogen (secondary N) is 2. The summed E-state index contributed by atoms with van der Waals surface area (Å²) in [6.07, 6.45) is 3.58. The molecule has 1 aliphatic carbocycles. The van der Waals surface area contributed by atoms with Crippen LogP contribution in [0.1, 0.15) is 29.5 Å². The van der Waals surface area contributed by atoms with Crippen molar-refractivity contribution < 1.29 is 17.9 Å². The van der Waals surface area contributed by atoms with Crippen molar-refractivity contribution in [2.24, 2.45) is 0 Å². The second-order valence-electron chi connectivity index (χ2n) is 7.89. The molecule has 6 nitrogen and oxygen atoms in total. The van der Waals surface area contributed by atoms with E-state index in [9.17, 15) is 13.2 Å². The molecule has 170 valence electrons. The third-order valence-corrected chi connectivity index (χ3v) is 6.89. The van der Waals surface area contributed by atoms with Crippen molar-refractivity contribution in [2.45, 2.75) is 30.3 Å². The van der Waals surface area contributed by atoms with Gasteiger partial charge in [0.25, 0.3) is 5.91 Å². The summed E-state index contributed by atoms with van der Waals surface area (Å²) in [5.74, 6) is 0.439. The lowest BCUT2D eigenvalue weighted by Gasteiger charge is -2.12. The zero-order valence-electron chi connectivity index (χ0n) is 18.3. The Balaban J connectivity index is 1.51. The van der Waals surface area contributed by atoms with Crippen LogP contribution in [-0.2, 0) is 21.4 Å². The van der Waals surface area contributed by atoms with E-state index in [0.717, 1.165) is 29.5 Å². The van der Waals surface area contributed by atoms with Gasteiger partial charge in [0.2, 0.25) is 10.0 Å². The van der Waals surface area contributed by atoms with E-state index in [1.165, 1.54) is 0 Å². The number of rotatable bonds is 9. The summed E-state index contributed by atoms with van der Waals surface area (Å²) < 4.78 is 32.8. The van der Waals surface area contributed by atoms with E-state index in [2.05, 4.69) is 10.0 Å². The predicted octanol–water partition coefficient (Wildman–Crippen LogP) is 3.99. The number of hydrogen-bond acceptors (Lipinski definition) is 4. The number of ether oxygens (including phenoxy) is 1. The molecule has 0 bridgehead atoms. The van der Waals surface area contributed by atoms with E-state index in [1.54, 1.807) is 31.4 Å². The molecule has 0 radical (unpaired) electrons. The zero-order chi connectivity index (χ0) is 23.3. The monoisotopic (exact) mass is 462 g/mol. The summed E-state index contributed by atoms with van der Waals surface area (Å²) in [5, 5.41) is 2.94. The predicted molar refractivity (Wildman–Crippen MR) is 129 cm³/mol. The molecule has 0 saturated heterocycles. The van der Waals surface area contributed by atoms with Gasteiger partial charge in [-0.1, -0.05) is 60.7 Å². The van der Waals surface area contributed by atoms with Gasteiger partial charge >= 0.3 is 0 Å². The average molecular weight is 463 g/mol. The van der Waals surface area contributed by atoms with Gasteiger partial charge in [-0.05, 0) is 48.2 Å². The van der Waals surface area contributed by atoms with Gasteiger partial charge in [-0.15, -0.1) is 0 Å². The number of carbonyl (C=O) groups excluding carboxylic acids is 1. The molecular formula is C26H26N2O4S. The maximum absolute atomic E-state index is 13.1. The molecule has 1 fully saturated rings. The van der Waals surface area contributed by atoms with Crippen LogP contribution >= 0.6 is 0 Å². The van der Waals surface area contributed by atoms with Crippen molar-refractivity contribution >= 4 is 27.6 Å². The van der Waals surface area contributed by atoms with Gasteiger partial charge in [-0.3, -0.25) is 4.79 Å². The second kappa shape index (κ2) is 10.0. The number of hydrogen-bond donors (Lipinski definition) is 2. The van der Waals surface area contributed by atoms with Crippen molar-refractivity contribution in [3.8, 4) is 5.75 Å². The van der Waals surface area contributed by atoms with Crippen LogP contribution in [0.4, 0.5) is 0 Å².